The van der Waals surface area contributed by atoms with Gasteiger partial charge in [0, 0.05) is 5.56 Å². The molecule has 3 aromatic rings. The highest BCUT2D eigenvalue weighted by Crippen LogP contribution is 2.21. The van der Waals surface area contributed by atoms with Crippen molar-refractivity contribution in [1.82, 2.24) is 5.32 Å². The molecule has 1 aromatic heterocycles. The fraction of sp³-hybridized carbons (Fsp3) is 0.200. The number of benzene rings is 2. The third-order valence-electron chi connectivity index (χ3n) is 3.77. The molecule has 0 amide bonds. The molecule has 1 N–H and O–H groups in total. The summed E-state index contributed by atoms with van der Waals surface area (Å²) in [4.78, 5) is 0. The van der Waals surface area contributed by atoms with Crippen molar-refractivity contribution in [2.24, 2.45) is 0 Å². The van der Waals surface area contributed by atoms with Gasteiger partial charge in [0.15, 0.2) is 0 Å². The highest BCUT2D eigenvalue weighted by Gasteiger charge is 2.04. The highest BCUT2D eigenvalue weighted by atomic mass is 16.5. The van der Waals surface area contributed by atoms with Gasteiger partial charge in [-0.3, -0.25) is 0 Å². The summed E-state index contributed by atoms with van der Waals surface area (Å²) in [6.45, 7) is 1.65. The molecule has 3 rings (SSSR count). The second kappa shape index (κ2) is 7.65. The highest BCUT2D eigenvalue weighted by molar-refractivity contribution is 5.57. The van der Waals surface area contributed by atoms with Crippen molar-refractivity contribution in [1.29, 1.82) is 0 Å². The van der Waals surface area contributed by atoms with E-state index in [1.807, 2.05) is 42.5 Å². The molecule has 0 aliphatic heterocycles. The Balaban J connectivity index is 1.46. The van der Waals surface area contributed by atoms with Gasteiger partial charge >= 0.3 is 0 Å². The SMILES string of the molecule is COc1ccc(CCNCc2ccc(-c3ccccc3)o2)cc1. The van der Waals surface area contributed by atoms with Gasteiger partial charge in [0.05, 0.1) is 13.7 Å². The van der Waals surface area contributed by atoms with Crippen LogP contribution < -0.4 is 10.1 Å². The van der Waals surface area contributed by atoms with Gasteiger partial charge in [-0.2, -0.15) is 0 Å². The summed E-state index contributed by atoms with van der Waals surface area (Å²) in [5, 5.41) is 3.42. The molecule has 0 radical (unpaired) electrons. The Morgan fingerprint density at radius 3 is 2.43 bits per heavy atom. The van der Waals surface area contributed by atoms with Gasteiger partial charge in [-0.1, -0.05) is 42.5 Å². The third kappa shape index (κ3) is 4.24. The lowest BCUT2D eigenvalue weighted by molar-refractivity contribution is 0.414. The van der Waals surface area contributed by atoms with Crippen LogP contribution in [0.1, 0.15) is 11.3 Å². The molecule has 0 saturated heterocycles. The van der Waals surface area contributed by atoms with Crippen molar-refractivity contribution < 1.29 is 9.15 Å². The maximum absolute atomic E-state index is 5.87. The second-order valence-electron chi connectivity index (χ2n) is 5.41. The number of methoxy groups -OCH3 is 1. The van der Waals surface area contributed by atoms with E-state index in [0.717, 1.165) is 42.3 Å². The fourth-order valence-electron chi connectivity index (χ4n) is 2.47. The van der Waals surface area contributed by atoms with Crippen LogP contribution in [0.5, 0.6) is 5.75 Å². The van der Waals surface area contributed by atoms with Crippen molar-refractivity contribution in [3.8, 4) is 17.1 Å². The molecule has 3 heteroatoms. The first kappa shape index (κ1) is 15.4. The maximum atomic E-state index is 5.87. The van der Waals surface area contributed by atoms with E-state index in [0.29, 0.717) is 0 Å². The molecule has 0 aliphatic rings. The number of hydrogen-bond donors (Lipinski definition) is 1. The lowest BCUT2D eigenvalue weighted by Gasteiger charge is -2.05. The van der Waals surface area contributed by atoms with Crippen LogP contribution in [0.25, 0.3) is 11.3 Å². The summed E-state index contributed by atoms with van der Waals surface area (Å²) in [6.07, 6.45) is 0.982. The zero-order valence-corrected chi connectivity index (χ0v) is 13.3. The van der Waals surface area contributed by atoms with Gasteiger partial charge < -0.3 is 14.5 Å². The summed E-state index contributed by atoms with van der Waals surface area (Å²) in [6, 6.07) is 22.4. The average molecular weight is 307 g/mol. The lowest BCUT2D eigenvalue weighted by atomic mass is 10.1. The first-order chi connectivity index (χ1) is 11.3. The molecule has 118 valence electrons. The van der Waals surface area contributed by atoms with Crippen molar-refractivity contribution in [2.75, 3.05) is 13.7 Å². The van der Waals surface area contributed by atoms with Crippen LogP contribution >= 0.6 is 0 Å². The van der Waals surface area contributed by atoms with Crippen LogP contribution in [0.3, 0.4) is 0 Å². The van der Waals surface area contributed by atoms with Gasteiger partial charge in [-0.15, -0.1) is 0 Å². The number of hydrogen-bond acceptors (Lipinski definition) is 3. The molecular weight excluding hydrogens is 286 g/mol. The van der Waals surface area contributed by atoms with Gasteiger partial charge in [-0.05, 0) is 42.8 Å². The Hall–Kier alpha value is -2.52. The zero-order valence-electron chi connectivity index (χ0n) is 13.3. The van der Waals surface area contributed by atoms with Crippen LogP contribution in [-0.4, -0.2) is 13.7 Å². The monoisotopic (exact) mass is 307 g/mol. The van der Waals surface area contributed by atoms with E-state index in [-0.39, 0.29) is 0 Å². The molecule has 1 heterocycles. The summed E-state index contributed by atoms with van der Waals surface area (Å²) < 4.78 is 11.0. The lowest BCUT2D eigenvalue weighted by Crippen LogP contribution is -2.16. The smallest absolute Gasteiger partial charge is 0.134 e. The minimum Gasteiger partial charge on any atom is -0.497 e. The Bertz CT molecular complexity index is 717. The van der Waals surface area contributed by atoms with Crippen molar-refractivity contribution >= 4 is 0 Å². The van der Waals surface area contributed by atoms with Gasteiger partial charge in [0.2, 0.25) is 0 Å². The molecular formula is C20H21NO2. The largest absolute Gasteiger partial charge is 0.497 e. The van der Waals surface area contributed by atoms with Gasteiger partial charge in [0.1, 0.15) is 17.3 Å². The first-order valence-corrected chi connectivity index (χ1v) is 7.83. The second-order valence-corrected chi connectivity index (χ2v) is 5.41. The fourth-order valence-corrected chi connectivity index (χ4v) is 2.47. The predicted molar refractivity (Wildman–Crippen MR) is 92.5 cm³/mol. The maximum Gasteiger partial charge on any atom is 0.134 e. The Morgan fingerprint density at radius 2 is 1.70 bits per heavy atom. The van der Waals surface area contributed by atoms with Crippen LogP contribution in [0.2, 0.25) is 0 Å². The number of furan rings is 1. The number of ether oxygens (including phenoxy) is 1. The summed E-state index contributed by atoms with van der Waals surface area (Å²) >= 11 is 0. The van der Waals surface area contributed by atoms with Crippen LogP contribution in [0.4, 0.5) is 0 Å². The van der Waals surface area contributed by atoms with E-state index in [4.69, 9.17) is 9.15 Å². The van der Waals surface area contributed by atoms with Crippen molar-refractivity contribution in [2.45, 2.75) is 13.0 Å². The Morgan fingerprint density at radius 1 is 0.913 bits per heavy atom. The van der Waals surface area contributed by atoms with Crippen LogP contribution in [0, 0.1) is 0 Å². The molecule has 0 saturated carbocycles. The average Bonchev–Trinajstić information content (AvgIpc) is 3.09. The minimum atomic E-state index is 0.739. The first-order valence-electron chi connectivity index (χ1n) is 7.83. The van der Waals surface area contributed by atoms with E-state index in [2.05, 4.69) is 29.6 Å². The summed E-state index contributed by atoms with van der Waals surface area (Å²) in [5.41, 5.74) is 2.40. The van der Waals surface area contributed by atoms with Crippen molar-refractivity contribution in [3.05, 3.63) is 78.1 Å². The molecule has 0 unspecified atom stereocenters. The molecule has 2 aromatic carbocycles. The van der Waals surface area contributed by atoms with Gasteiger partial charge in [0.25, 0.3) is 0 Å². The molecule has 0 aliphatic carbocycles. The predicted octanol–water partition coefficient (Wildman–Crippen LogP) is 4.29. The van der Waals surface area contributed by atoms with Crippen molar-refractivity contribution in [3.63, 3.8) is 0 Å². The summed E-state index contributed by atoms with van der Waals surface area (Å²) in [7, 11) is 1.68. The minimum absolute atomic E-state index is 0.739. The zero-order chi connectivity index (χ0) is 15.9. The Labute approximate surface area is 136 Å². The van der Waals surface area contributed by atoms with Crippen LogP contribution in [-0.2, 0) is 13.0 Å². The van der Waals surface area contributed by atoms with Crippen LogP contribution in [0.15, 0.2) is 71.1 Å². The molecule has 23 heavy (non-hydrogen) atoms. The van der Waals surface area contributed by atoms with Gasteiger partial charge in [-0.25, -0.2) is 0 Å². The molecule has 0 bridgehead atoms. The molecule has 3 nitrogen and oxygen atoms in total. The molecule has 0 spiro atoms. The normalized spacial score (nSPS) is 10.7. The third-order valence-corrected chi connectivity index (χ3v) is 3.77. The topological polar surface area (TPSA) is 34.4 Å². The Kier molecular flexibility index (Phi) is 5.12. The van der Waals surface area contributed by atoms with E-state index >= 15 is 0 Å². The standard InChI is InChI=1S/C20H21NO2/c1-22-18-9-7-16(8-10-18)13-14-21-15-19-11-12-20(23-19)17-5-3-2-4-6-17/h2-12,21H,13-15H2,1H3. The van der Waals surface area contributed by atoms with E-state index < -0.39 is 0 Å². The molecule has 0 fully saturated rings. The van der Waals surface area contributed by atoms with E-state index in [9.17, 15) is 0 Å². The van der Waals surface area contributed by atoms with E-state index in [1.165, 1.54) is 5.56 Å². The van der Waals surface area contributed by atoms with E-state index in [1.54, 1.807) is 7.11 Å². The number of nitrogens with one attached hydrogen (secondary N) is 1. The number of rotatable bonds is 7. The quantitative estimate of drug-likeness (QED) is 0.661. The summed E-state index contributed by atoms with van der Waals surface area (Å²) in [5.74, 6) is 2.77. The molecule has 0 atom stereocenters.